The number of aryl methyl sites for hydroxylation is 1. The molecule has 5 heterocycles. The van der Waals surface area contributed by atoms with E-state index in [1.54, 1.807) is 29.5 Å². The minimum atomic E-state index is -0.871. The monoisotopic (exact) mass is 1160 g/mol. The van der Waals surface area contributed by atoms with Crippen LogP contribution < -0.4 is 26.0 Å². The van der Waals surface area contributed by atoms with Crippen molar-refractivity contribution in [3.63, 3.8) is 0 Å². The third kappa shape index (κ3) is 16.8. The number of halogens is 2. The number of rotatable bonds is 25. The number of aliphatic hydroxyl groups is 1. The van der Waals surface area contributed by atoms with Crippen molar-refractivity contribution in [1.29, 1.82) is 0 Å². The smallest absolute Gasteiger partial charge is 0.247 e. The average molecular weight is 1160 g/mol. The molecule has 21 heteroatoms. The zero-order valence-corrected chi connectivity index (χ0v) is 49.3. The summed E-state index contributed by atoms with van der Waals surface area (Å²) in [5, 5.41) is 23.2. The average Bonchev–Trinajstić information content (AvgIpc) is 4.14. The van der Waals surface area contributed by atoms with Gasteiger partial charge in [0, 0.05) is 88.3 Å². The Morgan fingerprint density at radius 2 is 1.62 bits per heavy atom. The molecule has 0 radical (unpaired) electrons. The number of carbonyl (C=O) groups is 5. The van der Waals surface area contributed by atoms with Crippen molar-refractivity contribution in [2.45, 2.75) is 136 Å². The summed E-state index contributed by atoms with van der Waals surface area (Å²) in [5.41, 5.74) is 5.70. The summed E-state index contributed by atoms with van der Waals surface area (Å²) in [6.07, 6.45) is 10.9. The fourth-order valence-electron chi connectivity index (χ4n) is 11.1. The summed E-state index contributed by atoms with van der Waals surface area (Å²) in [7, 11) is 0. The number of benzene rings is 3. The number of piperidine rings is 1. The Kier molecular flexibility index (Phi) is 21.8. The third-order valence-electron chi connectivity index (χ3n) is 15.7. The lowest BCUT2D eigenvalue weighted by Crippen LogP contribution is -2.57. The number of fused-ring (bicyclic) bond motifs is 1. The predicted molar refractivity (Wildman–Crippen MR) is 319 cm³/mol. The zero-order valence-electron chi connectivity index (χ0n) is 47.7. The van der Waals surface area contributed by atoms with E-state index in [1.165, 1.54) is 29.4 Å². The Labute approximate surface area is 489 Å². The highest BCUT2D eigenvalue weighted by atomic mass is 35.5. The minimum Gasteiger partial charge on any atom is -0.491 e. The molecule has 5 amide bonds. The number of β-amino-alcohol motifs (C(OH)–C–C–N with tert-alkyl or cyclic N) is 1. The molecule has 0 spiro atoms. The SMILES string of the molecule is C=CC(=O)Nc1cc2c(Nc3ccc(F)c(Cl)c3)ncnc2cc1OCCCN1CCC(N2CCN(C(=O)CCCCCCCCC(=O)N[C@H](C(=O)N3C[C@H](O)C[C@H]3C(=O)NCc3ccc(-c4scnc4C)cc3)C(C)(C)C)CC2)CC1. The Bertz CT molecular complexity index is 3010. The number of nitrogens with zero attached hydrogens (tertiary/aromatic N) is 7. The van der Waals surface area contributed by atoms with Gasteiger partial charge in [0.25, 0.3) is 0 Å². The first kappa shape index (κ1) is 61.5. The maximum atomic E-state index is 14.1. The quantitative estimate of drug-likeness (QED) is 0.0273. The van der Waals surface area contributed by atoms with Crippen molar-refractivity contribution >= 4 is 80.6 Å². The molecule has 3 aliphatic rings. The number of carbonyl (C=O) groups excluding carboxylic acids is 5. The van der Waals surface area contributed by atoms with Gasteiger partial charge in [-0.05, 0) is 99.0 Å². The maximum Gasteiger partial charge on any atom is 0.247 e. The molecule has 2 aromatic heterocycles. The number of aliphatic hydroxyl groups excluding tert-OH is 1. The number of likely N-dealkylation sites (tertiary alicyclic amines) is 2. The number of nitrogens with one attached hydrogen (secondary N) is 4. The summed E-state index contributed by atoms with van der Waals surface area (Å²) < 4.78 is 20.0. The molecule has 3 fully saturated rings. The molecule has 3 atom stereocenters. The number of hydrogen-bond acceptors (Lipinski definition) is 14. The van der Waals surface area contributed by atoms with Gasteiger partial charge < -0.3 is 45.8 Å². The number of amides is 5. The van der Waals surface area contributed by atoms with Crippen LogP contribution >= 0.6 is 22.9 Å². The van der Waals surface area contributed by atoms with Crippen molar-refractivity contribution in [1.82, 2.24) is 45.2 Å². The highest BCUT2D eigenvalue weighted by Crippen LogP contribution is 2.35. The molecular formula is C61H79ClFN11O7S. The second-order valence-corrected chi connectivity index (χ2v) is 24.1. The molecule has 3 saturated heterocycles. The number of anilines is 3. The molecule has 82 heavy (non-hydrogen) atoms. The molecule has 440 valence electrons. The topological polar surface area (TPSA) is 215 Å². The maximum absolute atomic E-state index is 14.1. The largest absolute Gasteiger partial charge is 0.491 e. The summed E-state index contributed by atoms with van der Waals surface area (Å²) in [5.74, 6) is -0.707. The standard InChI is InChI=1S/C61H79ClFN11O7S/c1-6-53(76)69-50-34-46-49(65-38-66-58(46)68-43-20-21-48(63)47(62)32-43)35-52(50)81-31-13-24-71-25-22-44(23-26-71)72-27-29-73(30-28-72)55(78)15-12-10-8-7-9-11-14-54(77)70-57(61(3,4)5)60(80)74-37-45(75)33-51(74)59(79)64-36-41-16-18-42(19-17-41)56-40(2)67-39-82-56/h6,16-21,32,34-35,38-39,44-45,51,57,75H,1,7-15,22-31,33,36-37H2,2-5H3,(H,64,79)(H,69,76)(H,70,77)(H,65,66,68)/t45-,51+,57-/m1/s1. The zero-order chi connectivity index (χ0) is 58.3. The van der Waals surface area contributed by atoms with Gasteiger partial charge in [0.2, 0.25) is 29.5 Å². The highest BCUT2D eigenvalue weighted by molar-refractivity contribution is 7.13. The lowest BCUT2D eigenvalue weighted by molar-refractivity contribution is -0.144. The van der Waals surface area contributed by atoms with E-state index in [0.29, 0.717) is 59.3 Å². The van der Waals surface area contributed by atoms with Crippen LogP contribution in [0.3, 0.4) is 0 Å². The minimum absolute atomic E-state index is 0.0199. The number of piperazine rings is 1. The van der Waals surface area contributed by atoms with Crippen molar-refractivity contribution in [3.8, 4) is 16.2 Å². The molecule has 5 aromatic rings. The molecule has 0 unspecified atom stereocenters. The lowest BCUT2D eigenvalue weighted by atomic mass is 9.85. The van der Waals surface area contributed by atoms with Gasteiger partial charge in [-0.15, -0.1) is 11.3 Å². The first-order chi connectivity index (χ1) is 39.4. The van der Waals surface area contributed by atoms with E-state index in [1.807, 2.05) is 62.4 Å². The van der Waals surface area contributed by atoms with Crippen LogP contribution in [0.15, 0.2) is 79.1 Å². The highest BCUT2D eigenvalue weighted by Gasteiger charge is 2.44. The van der Waals surface area contributed by atoms with E-state index in [4.69, 9.17) is 16.3 Å². The van der Waals surface area contributed by atoms with Crippen LogP contribution in [-0.4, -0.2) is 152 Å². The van der Waals surface area contributed by atoms with E-state index < -0.39 is 35.3 Å². The van der Waals surface area contributed by atoms with E-state index in [2.05, 4.69) is 52.6 Å². The molecule has 0 aliphatic carbocycles. The van der Waals surface area contributed by atoms with Gasteiger partial charge in [-0.2, -0.15) is 0 Å². The van der Waals surface area contributed by atoms with Crippen molar-refractivity contribution < 1.29 is 38.2 Å². The van der Waals surface area contributed by atoms with Gasteiger partial charge in [-0.3, -0.25) is 28.9 Å². The van der Waals surface area contributed by atoms with Gasteiger partial charge >= 0.3 is 0 Å². The number of hydrogen-bond donors (Lipinski definition) is 5. The van der Waals surface area contributed by atoms with Crippen LogP contribution in [0.4, 0.5) is 21.6 Å². The van der Waals surface area contributed by atoms with Gasteiger partial charge in [-0.1, -0.05) is 88.9 Å². The third-order valence-corrected chi connectivity index (χ3v) is 17.0. The van der Waals surface area contributed by atoms with Crippen molar-refractivity contribution in [3.05, 3.63) is 101 Å². The normalized spacial score (nSPS) is 17.6. The second-order valence-electron chi connectivity index (χ2n) is 22.8. The fraction of sp³-hybridized carbons (Fsp3) is 0.508. The molecule has 18 nitrogen and oxygen atoms in total. The Balaban J connectivity index is 0.674. The van der Waals surface area contributed by atoms with Crippen LogP contribution in [0.5, 0.6) is 5.75 Å². The molecule has 5 N–H and O–H groups in total. The first-order valence-corrected chi connectivity index (χ1v) is 30.1. The summed E-state index contributed by atoms with van der Waals surface area (Å²) in [6, 6.07) is 14.5. The van der Waals surface area contributed by atoms with Gasteiger partial charge in [-0.25, -0.2) is 19.3 Å². The molecule has 3 aliphatic heterocycles. The summed E-state index contributed by atoms with van der Waals surface area (Å²) in [6.45, 7) is 18.0. The summed E-state index contributed by atoms with van der Waals surface area (Å²) >= 11 is 7.58. The molecule has 0 bridgehead atoms. The van der Waals surface area contributed by atoms with Crippen LogP contribution in [0.25, 0.3) is 21.3 Å². The van der Waals surface area contributed by atoms with Crippen LogP contribution in [-0.2, 0) is 30.5 Å². The van der Waals surface area contributed by atoms with Crippen LogP contribution in [0.1, 0.15) is 109 Å². The molecule has 0 saturated carbocycles. The van der Waals surface area contributed by atoms with Gasteiger partial charge in [0.05, 0.1) is 45.0 Å². The Morgan fingerprint density at radius 1 is 0.902 bits per heavy atom. The van der Waals surface area contributed by atoms with E-state index >= 15 is 0 Å². The molecular weight excluding hydrogens is 1090 g/mol. The number of thiazole rings is 1. The summed E-state index contributed by atoms with van der Waals surface area (Å²) in [4.78, 5) is 89.2. The van der Waals surface area contributed by atoms with E-state index in [0.717, 1.165) is 119 Å². The molecule has 3 aromatic carbocycles. The van der Waals surface area contributed by atoms with Crippen LogP contribution in [0.2, 0.25) is 5.02 Å². The number of unbranched alkanes of at least 4 members (excludes halogenated alkanes) is 5. The fourth-order valence-corrected chi connectivity index (χ4v) is 12.0. The predicted octanol–water partition coefficient (Wildman–Crippen LogP) is 9.03. The Hall–Kier alpha value is -6.58. The number of ether oxygens (including phenoxy) is 1. The lowest BCUT2D eigenvalue weighted by Gasteiger charge is -2.42. The van der Waals surface area contributed by atoms with Gasteiger partial charge in [0.15, 0.2) is 0 Å². The van der Waals surface area contributed by atoms with Crippen LogP contribution in [0, 0.1) is 18.2 Å². The van der Waals surface area contributed by atoms with Crippen molar-refractivity contribution in [2.24, 2.45) is 5.41 Å². The first-order valence-electron chi connectivity index (χ1n) is 28.8. The van der Waals surface area contributed by atoms with Gasteiger partial charge in [0.1, 0.15) is 35.8 Å². The Morgan fingerprint density at radius 3 is 2.30 bits per heavy atom. The molecule has 8 rings (SSSR count). The van der Waals surface area contributed by atoms with E-state index in [9.17, 15) is 33.5 Å². The van der Waals surface area contributed by atoms with Crippen molar-refractivity contribution in [2.75, 3.05) is 69.6 Å². The number of aromatic nitrogens is 3. The van der Waals surface area contributed by atoms with E-state index in [-0.39, 0.29) is 54.6 Å². The second kappa shape index (κ2) is 29.1.